The van der Waals surface area contributed by atoms with Crippen molar-refractivity contribution in [2.24, 2.45) is 5.92 Å². The van der Waals surface area contributed by atoms with Crippen LogP contribution in [0, 0.1) is 5.92 Å². The molecule has 2 heterocycles. The van der Waals surface area contributed by atoms with E-state index in [9.17, 15) is 24.3 Å². The molecule has 0 radical (unpaired) electrons. The SMILES string of the molecule is CC(C)C(NC(=O)CCc1ccc(-c2cccc([C@@H](C)O)c2)nc1)C(=O)N[C@@H](C)C(=O)N1CCC[C@@H](C(=O)OCC(Cl)(Cl)Cl)N1. The predicted octanol–water partition coefficient (Wildman–Crippen LogP) is 3.79. The van der Waals surface area contributed by atoms with Crippen molar-refractivity contribution in [2.75, 3.05) is 13.2 Å². The predicted molar refractivity (Wildman–Crippen MR) is 172 cm³/mol. The maximum atomic E-state index is 13.1. The molecule has 1 unspecified atom stereocenters. The van der Waals surface area contributed by atoms with Gasteiger partial charge in [-0.1, -0.05) is 72.9 Å². The van der Waals surface area contributed by atoms with Gasteiger partial charge < -0.3 is 20.5 Å². The van der Waals surface area contributed by atoms with Gasteiger partial charge >= 0.3 is 5.97 Å². The van der Waals surface area contributed by atoms with Crippen molar-refractivity contribution in [2.45, 2.75) is 81.4 Å². The molecule has 2 aromatic rings. The second-order valence-electron chi connectivity index (χ2n) is 11.4. The first-order valence-corrected chi connectivity index (χ1v) is 15.9. The molecule has 0 spiro atoms. The summed E-state index contributed by atoms with van der Waals surface area (Å²) in [6.07, 6.45) is 2.62. The zero-order valence-corrected chi connectivity index (χ0v) is 28.0. The maximum absolute atomic E-state index is 13.1. The molecule has 3 rings (SSSR count). The van der Waals surface area contributed by atoms with E-state index in [0.29, 0.717) is 25.8 Å². The summed E-state index contributed by atoms with van der Waals surface area (Å²) < 4.78 is 3.27. The lowest BCUT2D eigenvalue weighted by molar-refractivity contribution is -0.152. The number of hydrogen-bond acceptors (Lipinski definition) is 8. The Morgan fingerprint density at radius 3 is 2.47 bits per heavy atom. The van der Waals surface area contributed by atoms with Crippen molar-refractivity contribution >= 4 is 58.5 Å². The number of aryl methyl sites for hydroxylation is 1. The number of carbonyl (C=O) groups is 4. The number of amides is 3. The molecule has 246 valence electrons. The summed E-state index contributed by atoms with van der Waals surface area (Å²) in [5.74, 6) is -2.18. The smallest absolute Gasteiger partial charge is 0.325 e. The second-order valence-corrected chi connectivity index (χ2v) is 13.9. The van der Waals surface area contributed by atoms with Crippen molar-refractivity contribution in [1.82, 2.24) is 26.1 Å². The number of alkyl halides is 3. The summed E-state index contributed by atoms with van der Waals surface area (Å²) in [6, 6.07) is 8.66. The van der Waals surface area contributed by atoms with E-state index >= 15 is 0 Å². The number of esters is 1. The summed E-state index contributed by atoms with van der Waals surface area (Å²) in [7, 11) is 0. The molecular weight excluding hydrogens is 645 g/mol. The number of carbonyl (C=O) groups excluding carboxylic acids is 4. The molecule has 11 nitrogen and oxygen atoms in total. The Morgan fingerprint density at radius 2 is 1.84 bits per heavy atom. The molecule has 0 aliphatic carbocycles. The Morgan fingerprint density at radius 1 is 1.11 bits per heavy atom. The number of nitrogens with zero attached hydrogens (tertiary/aromatic N) is 2. The van der Waals surface area contributed by atoms with Crippen molar-refractivity contribution in [3.05, 3.63) is 53.7 Å². The van der Waals surface area contributed by atoms with Gasteiger partial charge in [-0.25, -0.2) is 5.43 Å². The molecule has 3 amide bonds. The molecular formula is C31H40Cl3N5O6. The number of ether oxygens (including phenoxy) is 1. The van der Waals surface area contributed by atoms with Crippen LogP contribution in [0.4, 0.5) is 0 Å². The number of hydrogen-bond donors (Lipinski definition) is 4. The van der Waals surface area contributed by atoms with Crippen LogP contribution in [0.25, 0.3) is 11.3 Å². The highest BCUT2D eigenvalue weighted by Crippen LogP contribution is 2.26. The molecule has 1 aliphatic rings. The quantitative estimate of drug-likeness (QED) is 0.195. The topological polar surface area (TPSA) is 150 Å². The van der Waals surface area contributed by atoms with E-state index in [2.05, 4.69) is 21.0 Å². The van der Waals surface area contributed by atoms with Crippen molar-refractivity contribution in [3.63, 3.8) is 0 Å². The number of rotatable bonds is 12. The van der Waals surface area contributed by atoms with Crippen LogP contribution in [0.5, 0.6) is 0 Å². The third kappa shape index (κ3) is 11.4. The average molecular weight is 685 g/mol. The zero-order valence-electron chi connectivity index (χ0n) is 25.7. The van der Waals surface area contributed by atoms with E-state index in [-0.39, 0.29) is 18.2 Å². The Kier molecular flexibility index (Phi) is 13.4. The van der Waals surface area contributed by atoms with Crippen LogP contribution in [0.15, 0.2) is 42.6 Å². The average Bonchev–Trinajstić information content (AvgIpc) is 3.00. The molecule has 1 aromatic carbocycles. The van der Waals surface area contributed by atoms with E-state index in [1.165, 1.54) is 11.9 Å². The molecule has 1 aromatic heterocycles. The lowest BCUT2D eigenvalue weighted by Crippen LogP contribution is -2.61. The summed E-state index contributed by atoms with van der Waals surface area (Å²) in [5.41, 5.74) is 6.11. The minimum Gasteiger partial charge on any atom is -0.460 e. The highest BCUT2D eigenvalue weighted by atomic mass is 35.6. The van der Waals surface area contributed by atoms with Gasteiger partial charge in [-0.3, -0.25) is 29.2 Å². The van der Waals surface area contributed by atoms with Crippen LogP contribution in [0.2, 0.25) is 0 Å². The number of aliphatic hydroxyl groups excluding tert-OH is 1. The summed E-state index contributed by atoms with van der Waals surface area (Å²) in [5, 5.41) is 16.6. The molecule has 0 saturated carbocycles. The first-order chi connectivity index (χ1) is 21.1. The van der Waals surface area contributed by atoms with Gasteiger partial charge in [0.05, 0.1) is 11.8 Å². The van der Waals surface area contributed by atoms with Crippen molar-refractivity contribution in [3.8, 4) is 11.3 Å². The van der Waals surface area contributed by atoms with Crippen molar-refractivity contribution in [1.29, 1.82) is 0 Å². The number of benzene rings is 1. The Hall–Kier alpha value is -2.96. The lowest BCUT2D eigenvalue weighted by atomic mass is 10.0. The number of halogens is 3. The molecule has 1 aliphatic heterocycles. The lowest BCUT2D eigenvalue weighted by Gasteiger charge is -2.34. The molecule has 45 heavy (non-hydrogen) atoms. The molecule has 0 bridgehead atoms. The minimum atomic E-state index is -1.75. The van der Waals surface area contributed by atoms with Gasteiger partial charge in [-0.2, -0.15) is 0 Å². The molecule has 4 N–H and O–H groups in total. The standard InChI is InChI=1S/C31H40Cl3N5O6/c1-18(2)27(28(42)36-19(3)29(43)39-14-6-9-25(38-39)30(44)45-17-31(32,33)34)37-26(41)13-11-21-10-12-24(35-16-21)23-8-5-7-22(15-23)20(4)40/h5,7-8,10,12,15-16,18-20,25,27,38,40H,6,9,11,13-14,17H2,1-4H3,(H,36,42)(H,37,41)/t19-,20+,25-,27?/m0/s1. The van der Waals surface area contributed by atoms with Gasteiger partial charge in [0.2, 0.25) is 15.6 Å². The van der Waals surface area contributed by atoms with Gasteiger partial charge in [0.15, 0.2) is 0 Å². The monoisotopic (exact) mass is 683 g/mol. The van der Waals surface area contributed by atoms with Crippen LogP contribution in [-0.4, -0.2) is 73.9 Å². The fraction of sp³-hybridized carbons (Fsp3) is 0.516. The minimum absolute atomic E-state index is 0.136. The van der Waals surface area contributed by atoms with Gasteiger partial charge in [0.25, 0.3) is 5.91 Å². The highest BCUT2D eigenvalue weighted by molar-refractivity contribution is 6.67. The van der Waals surface area contributed by atoms with E-state index in [1.807, 2.05) is 36.4 Å². The number of pyridine rings is 1. The molecule has 14 heteroatoms. The number of nitrogens with one attached hydrogen (secondary N) is 3. The normalized spacial score (nSPS) is 17.3. The fourth-order valence-electron chi connectivity index (χ4n) is 4.71. The van der Waals surface area contributed by atoms with Gasteiger partial charge in [-0.15, -0.1) is 0 Å². The zero-order chi connectivity index (χ0) is 33.3. The van der Waals surface area contributed by atoms with Crippen LogP contribution in [0.3, 0.4) is 0 Å². The third-order valence-corrected chi connectivity index (χ3v) is 7.57. The highest BCUT2D eigenvalue weighted by Gasteiger charge is 2.34. The van der Waals surface area contributed by atoms with Crippen LogP contribution in [-0.2, 0) is 30.3 Å². The van der Waals surface area contributed by atoms with Crippen LogP contribution in [0.1, 0.15) is 64.2 Å². The second kappa shape index (κ2) is 16.6. The molecule has 1 fully saturated rings. The number of hydrazine groups is 1. The Balaban J connectivity index is 1.50. The van der Waals surface area contributed by atoms with E-state index in [4.69, 9.17) is 39.5 Å². The van der Waals surface area contributed by atoms with Crippen molar-refractivity contribution < 1.29 is 29.0 Å². The van der Waals surface area contributed by atoms with Crippen LogP contribution >= 0.6 is 34.8 Å². The Labute approximate surface area is 278 Å². The van der Waals surface area contributed by atoms with E-state index < -0.39 is 52.4 Å². The molecule has 1 saturated heterocycles. The summed E-state index contributed by atoms with van der Waals surface area (Å²) in [6.45, 7) is 6.72. The Bertz CT molecular complexity index is 1340. The number of aliphatic hydroxyl groups is 1. The van der Waals surface area contributed by atoms with Gasteiger partial charge in [-0.05, 0) is 62.3 Å². The maximum Gasteiger partial charge on any atom is 0.325 e. The summed E-state index contributed by atoms with van der Waals surface area (Å²) in [4.78, 5) is 55.9. The van der Waals surface area contributed by atoms with E-state index in [1.54, 1.807) is 27.0 Å². The van der Waals surface area contributed by atoms with Crippen LogP contribution < -0.4 is 16.1 Å². The van der Waals surface area contributed by atoms with Gasteiger partial charge in [0, 0.05) is 24.7 Å². The largest absolute Gasteiger partial charge is 0.460 e. The first kappa shape index (κ1) is 36.5. The molecule has 4 atom stereocenters. The van der Waals surface area contributed by atoms with Gasteiger partial charge in [0.1, 0.15) is 24.7 Å². The van der Waals surface area contributed by atoms with E-state index in [0.717, 1.165) is 22.4 Å². The fourth-order valence-corrected chi connectivity index (χ4v) is 4.87. The first-order valence-electron chi connectivity index (χ1n) is 14.8. The third-order valence-electron chi connectivity index (χ3n) is 7.24. The number of aromatic nitrogens is 1. The summed E-state index contributed by atoms with van der Waals surface area (Å²) >= 11 is 16.9.